The number of nitrogens with one attached hydrogen (secondary N) is 1. The molecule has 8 nitrogen and oxygen atoms in total. The van der Waals surface area contributed by atoms with Crippen molar-refractivity contribution in [2.75, 3.05) is 31.2 Å². The van der Waals surface area contributed by atoms with Crippen LogP contribution in [0, 0.1) is 6.92 Å². The number of aromatic amines is 1. The summed E-state index contributed by atoms with van der Waals surface area (Å²) in [5, 5.41) is 11.3. The molecule has 1 aromatic carbocycles. The summed E-state index contributed by atoms with van der Waals surface area (Å²) in [6.07, 6.45) is 0. The standard InChI is InChI=1S/C18H20N6O2/c1-13-3-2-4-14(9-13)12-19-21-15-10-18(23-5-7-26-8-6-23)24-16(20-15)11-17(25)22-24/h2-4,9-11H,5-8,12H2,1H3,(H,22,25). The van der Waals surface area contributed by atoms with E-state index in [1.165, 1.54) is 11.6 Å². The van der Waals surface area contributed by atoms with Crippen LogP contribution >= 0.6 is 0 Å². The Morgan fingerprint density at radius 2 is 2.08 bits per heavy atom. The van der Waals surface area contributed by atoms with Crippen LogP contribution in [0.1, 0.15) is 11.1 Å². The van der Waals surface area contributed by atoms with E-state index in [1.54, 1.807) is 4.52 Å². The molecule has 2 aromatic heterocycles. The summed E-state index contributed by atoms with van der Waals surface area (Å²) in [6.45, 7) is 5.34. The monoisotopic (exact) mass is 352 g/mol. The minimum atomic E-state index is -0.194. The van der Waals surface area contributed by atoms with Gasteiger partial charge < -0.3 is 9.64 Å². The van der Waals surface area contributed by atoms with Gasteiger partial charge >= 0.3 is 0 Å². The molecule has 1 aliphatic rings. The van der Waals surface area contributed by atoms with E-state index in [-0.39, 0.29) is 5.56 Å². The maximum atomic E-state index is 11.8. The first-order chi connectivity index (χ1) is 12.7. The Balaban J connectivity index is 1.64. The number of rotatable bonds is 4. The van der Waals surface area contributed by atoms with Gasteiger partial charge in [0.2, 0.25) is 0 Å². The third kappa shape index (κ3) is 3.50. The highest BCUT2D eigenvalue weighted by molar-refractivity contribution is 5.56. The van der Waals surface area contributed by atoms with Gasteiger partial charge in [-0.1, -0.05) is 29.8 Å². The number of morpholine rings is 1. The third-order valence-corrected chi connectivity index (χ3v) is 4.27. The molecular weight excluding hydrogens is 332 g/mol. The normalized spacial score (nSPS) is 15.2. The highest BCUT2D eigenvalue weighted by Crippen LogP contribution is 2.22. The van der Waals surface area contributed by atoms with Crippen molar-refractivity contribution in [3.8, 4) is 0 Å². The van der Waals surface area contributed by atoms with Crippen molar-refractivity contribution >= 4 is 17.3 Å². The zero-order valence-corrected chi connectivity index (χ0v) is 14.6. The van der Waals surface area contributed by atoms with Gasteiger partial charge in [-0.2, -0.15) is 5.11 Å². The van der Waals surface area contributed by atoms with E-state index < -0.39 is 0 Å². The molecule has 8 heteroatoms. The van der Waals surface area contributed by atoms with Gasteiger partial charge in [0.1, 0.15) is 5.82 Å². The van der Waals surface area contributed by atoms with Crippen molar-refractivity contribution in [2.45, 2.75) is 13.5 Å². The Morgan fingerprint density at radius 3 is 2.88 bits per heavy atom. The molecule has 3 heterocycles. The smallest absolute Gasteiger partial charge is 0.266 e. The number of benzene rings is 1. The first kappa shape index (κ1) is 16.5. The molecule has 0 unspecified atom stereocenters. The van der Waals surface area contributed by atoms with E-state index in [4.69, 9.17) is 4.74 Å². The second kappa shape index (κ2) is 7.09. The number of azo groups is 1. The number of aromatic nitrogens is 3. The molecule has 134 valence electrons. The zero-order chi connectivity index (χ0) is 17.9. The van der Waals surface area contributed by atoms with Gasteiger partial charge in [0, 0.05) is 25.2 Å². The van der Waals surface area contributed by atoms with E-state index in [0.717, 1.165) is 24.5 Å². The maximum absolute atomic E-state index is 11.8. The molecule has 0 atom stereocenters. The summed E-state index contributed by atoms with van der Waals surface area (Å²) in [4.78, 5) is 18.3. The summed E-state index contributed by atoms with van der Waals surface area (Å²) in [5.74, 6) is 1.32. The van der Waals surface area contributed by atoms with Gasteiger partial charge in [-0.05, 0) is 12.5 Å². The number of anilines is 1. The summed E-state index contributed by atoms with van der Waals surface area (Å²) in [7, 11) is 0. The number of hydrogen-bond acceptors (Lipinski definition) is 6. The Kier molecular flexibility index (Phi) is 4.49. The number of nitrogens with zero attached hydrogens (tertiary/aromatic N) is 5. The van der Waals surface area contributed by atoms with Crippen LogP contribution in [0.25, 0.3) is 5.65 Å². The van der Waals surface area contributed by atoms with Crippen LogP contribution in [0.5, 0.6) is 0 Å². The lowest BCUT2D eigenvalue weighted by molar-refractivity contribution is 0.122. The van der Waals surface area contributed by atoms with E-state index in [1.807, 2.05) is 31.2 Å². The number of ether oxygens (including phenoxy) is 1. The third-order valence-electron chi connectivity index (χ3n) is 4.27. The molecule has 0 spiro atoms. The van der Waals surface area contributed by atoms with Gasteiger partial charge in [-0.25, -0.2) is 9.50 Å². The Labute approximate surface area is 150 Å². The Bertz CT molecular complexity index is 1000. The van der Waals surface area contributed by atoms with Crippen LogP contribution < -0.4 is 10.5 Å². The fourth-order valence-corrected chi connectivity index (χ4v) is 3.04. The van der Waals surface area contributed by atoms with Gasteiger partial charge in [0.25, 0.3) is 5.56 Å². The van der Waals surface area contributed by atoms with Crippen molar-refractivity contribution in [1.29, 1.82) is 0 Å². The largest absolute Gasteiger partial charge is 0.378 e. The van der Waals surface area contributed by atoms with Crippen LogP contribution in [0.4, 0.5) is 11.6 Å². The fraction of sp³-hybridized carbons (Fsp3) is 0.333. The molecule has 1 aliphatic heterocycles. The van der Waals surface area contributed by atoms with Crippen molar-refractivity contribution < 1.29 is 4.74 Å². The minimum absolute atomic E-state index is 0.194. The molecular formula is C18H20N6O2. The molecule has 26 heavy (non-hydrogen) atoms. The van der Waals surface area contributed by atoms with Gasteiger partial charge in [0.05, 0.1) is 19.8 Å². The molecule has 0 radical (unpaired) electrons. The second-order valence-electron chi connectivity index (χ2n) is 6.27. The predicted molar refractivity (Wildman–Crippen MR) is 98.2 cm³/mol. The van der Waals surface area contributed by atoms with Gasteiger partial charge in [0.15, 0.2) is 11.5 Å². The highest BCUT2D eigenvalue weighted by Gasteiger charge is 2.16. The quantitative estimate of drug-likeness (QED) is 0.731. The summed E-state index contributed by atoms with van der Waals surface area (Å²) in [6, 6.07) is 11.5. The Morgan fingerprint density at radius 1 is 1.23 bits per heavy atom. The summed E-state index contributed by atoms with van der Waals surface area (Å²) >= 11 is 0. The van der Waals surface area contributed by atoms with E-state index in [9.17, 15) is 4.79 Å². The molecule has 0 bridgehead atoms. The molecule has 3 aromatic rings. The molecule has 1 saturated heterocycles. The number of H-pyrrole nitrogens is 1. The fourth-order valence-electron chi connectivity index (χ4n) is 3.04. The predicted octanol–water partition coefficient (Wildman–Crippen LogP) is 2.45. The number of fused-ring (bicyclic) bond motifs is 1. The van der Waals surface area contributed by atoms with E-state index in [0.29, 0.717) is 31.2 Å². The van der Waals surface area contributed by atoms with Gasteiger partial charge in [-0.15, -0.1) is 5.11 Å². The minimum Gasteiger partial charge on any atom is -0.378 e. The van der Waals surface area contributed by atoms with Crippen LogP contribution in [-0.4, -0.2) is 40.9 Å². The first-order valence-corrected chi connectivity index (χ1v) is 8.58. The van der Waals surface area contributed by atoms with Crippen molar-refractivity contribution in [1.82, 2.24) is 14.6 Å². The number of aryl methyl sites for hydroxylation is 1. The first-order valence-electron chi connectivity index (χ1n) is 8.58. The lowest BCUT2D eigenvalue weighted by atomic mass is 10.1. The van der Waals surface area contributed by atoms with E-state index in [2.05, 4.69) is 31.3 Å². The number of hydrogen-bond donors (Lipinski definition) is 1. The van der Waals surface area contributed by atoms with Crippen LogP contribution in [-0.2, 0) is 11.3 Å². The molecule has 1 fully saturated rings. The average molecular weight is 352 g/mol. The van der Waals surface area contributed by atoms with Crippen LogP contribution in [0.2, 0.25) is 0 Å². The van der Waals surface area contributed by atoms with Crippen molar-refractivity contribution in [3.05, 3.63) is 57.9 Å². The molecule has 0 saturated carbocycles. The highest BCUT2D eigenvalue weighted by atomic mass is 16.5. The molecule has 1 N–H and O–H groups in total. The lowest BCUT2D eigenvalue weighted by Crippen LogP contribution is -2.37. The topological polar surface area (TPSA) is 87.3 Å². The van der Waals surface area contributed by atoms with Gasteiger partial charge in [-0.3, -0.25) is 9.89 Å². The van der Waals surface area contributed by atoms with E-state index >= 15 is 0 Å². The maximum Gasteiger partial charge on any atom is 0.266 e. The SMILES string of the molecule is Cc1cccc(CN=Nc2cc(N3CCOCC3)n3[nH]c(=O)cc3n2)c1. The summed E-state index contributed by atoms with van der Waals surface area (Å²) in [5.41, 5.74) is 2.63. The van der Waals surface area contributed by atoms with Crippen LogP contribution in [0.3, 0.4) is 0 Å². The summed E-state index contributed by atoms with van der Waals surface area (Å²) < 4.78 is 7.10. The second-order valence-corrected chi connectivity index (χ2v) is 6.27. The Hall–Kier alpha value is -3.00. The van der Waals surface area contributed by atoms with Crippen molar-refractivity contribution in [2.24, 2.45) is 10.2 Å². The van der Waals surface area contributed by atoms with Crippen LogP contribution in [0.15, 0.2) is 51.4 Å². The average Bonchev–Trinajstić information content (AvgIpc) is 3.02. The molecule has 0 amide bonds. The van der Waals surface area contributed by atoms with Crippen molar-refractivity contribution in [3.63, 3.8) is 0 Å². The molecule has 0 aliphatic carbocycles. The lowest BCUT2D eigenvalue weighted by Gasteiger charge is -2.29. The zero-order valence-electron chi connectivity index (χ0n) is 14.6. The molecule has 4 rings (SSSR count).